The minimum Gasteiger partial charge on any atom is -0.508 e. The Balaban J connectivity index is 1.55. The highest BCUT2D eigenvalue weighted by Gasteiger charge is 2.45. The lowest BCUT2D eigenvalue weighted by Gasteiger charge is -2.38. The molecule has 11 heteroatoms. The second kappa shape index (κ2) is 15.8. The van der Waals surface area contributed by atoms with Crippen molar-refractivity contribution in [2.24, 2.45) is 5.92 Å². The maximum atomic E-state index is 15.1. The van der Waals surface area contributed by atoms with E-state index in [1.54, 1.807) is 12.2 Å². The van der Waals surface area contributed by atoms with Crippen molar-refractivity contribution >= 4 is 11.6 Å². The average molecular weight is 763 g/mol. The highest BCUT2D eigenvalue weighted by Crippen LogP contribution is 2.56. The Morgan fingerprint density at radius 2 is 1.38 bits per heavy atom. The fourth-order valence-corrected chi connectivity index (χ4v) is 7.87. The Hall–Kier alpha value is -6.36. The zero-order valence-corrected chi connectivity index (χ0v) is 31.6. The van der Waals surface area contributed by atoms with Gasteiger partial charge in [-0.25, -0.2) is 0 Å². The molecule has 0 bridgehead atoms. The van der Waals surface area contributed by atoms with Gasteiger partial charge >= 0.3 is 0 Å². The average Bonchev–Trinajstić information content (AvgIpc) is 3.10. The summed E-state index contributed by atoms with van der Waals surface area (Å²) in [4.78, 5) is 28.9. The van der Waals surface area contributed by atoms with Crippen LogP contribution in [0.15, 0.2) is 89.5 Å². The molecule has 0 amide bonds. The van der Waals surface area contributed by atoms with Crippen LogP contribution < -0.4 is 4.74 Å². The largest absolute Gasteiger partial charge is 0.508 e. The third-order valence-electron chi connectivity index (χ3n) is 10.6. The van der Waals surface area contributed by atoms with E-state index in [-0.39, 0.29) is 81.6 Å². The van der Waals surface area contributed by atoms with Gasteiger partial charge in [0.25, 0.3) is 0 Å². The summed E-state index contributed by atoms with van der Waals surface area (Å²) in [5.41, 5.74) is 2.97. The van der Waals surface area contributed by atoms with Gasteiger partial charge in [0.05, 0.1) is 12.0 Å². The zero-order valence-electron chi connectivity index (χ0n) is 31.6. The van der Waals surface area contributed by atoms with E-state index in [4.69, 9.17) is 4.74 Å². The van der Waals surface area contributed by atoms with Crippen molar-refractivity contribution in [3.8, 4) is 51.7 Å². The molecule has 0 aromatic heterocycles. The number of rotatable bonds is 10. The van der Waals surface area contributed by atoms with E-state index in [9.17, 15) is 45.6 Å². The van der Waals surface area contributed by atoms with Gasteiger partial charge in [0.15, 0.2) is 11.6 Å². The Bertz CT molecular complexity index is 2310. The standard InChI is InChI=1S/C45H46O11/c1-22(2)6-5-7-24-16-31(27-12-9-25(46)18-34(27)49)40(44(54)30-14-15-33(48)29(43(30)53)11-8-23(3)4)32(17-24)41-36(51)21-39-42(45(41)55)37(52)20-38(56-39)28-13-10-26(47)19-35(28)50/h6,8-10,12-15,17-19,21,31-32,38,40,46-51,53,55H,5,7,11,16,20H2,1-4H3. The molecule has 292 valence electrons. The second-order valence-electron chi connectivity index (χ2n) is 15.1. The van der Waals surface area contributed by atoms with E-state index in [2.05, 4.69) is 6.08 Å². The molecule has 0 saturated carbocycles. The van der Waals surface area contributed by atoms with Crippen molar-refractivity contribution in [1.29, 1.82) is 0 Å². The van der Waals surface area contributed by atoms with Gasteiger partial charge in [0.1, 0.15) is 63.4 Å². The summed E-state index contributed by atoms with van der Waals surface area (Å²) >= 11 is 0. The molecular weight excluding hydrogens is 716 g/mol. The van der Waals surface area contributed by atoms with Crippen LogP contribution in [0, 0.1) is 5.92 Å². The number of phenolic OH excluding ortho intramolecular Hbond substituents is 8. The number of hydrogen-bond acceptors (Lipinski definition) is 11. The number of benzene rings is 4. The molecule has 0 spiro atoms. The number of ketones is 2. The molecule has 8 N–H and O–H groups in total. The van der Waals surface area contributed by atoms with Crippen LogP contribution in [0.1, 0.15) is 114 Å². The summed E-state index contributed by atoms with van der Waals surface area (Å²) in [6, 6.07) is 11.7. The molecule has 1 aliphatic heterocycles. The number of hydrogen-bond donors (Lipinski definition) is 8. The molecule has 4 atom stereocenters. The van der Waals surface area contributed by atoms with Crippen molar-refractivity contribution in [1.82, 2.24) is 0 Å². The summed E-state index contributed by atoms with van der Waals surface area (Å²) < 4.78 is 6.06. The summed E-state index contributed by atoms with van der Waals surface area (Å²) in [5, 5.41) is 87.8. The number of carbonyl (C=O) groups is 2. The number of ether oxygens (including phenoxy) is 1. The van der Waals surface area contributed by atoms with Gasteiger partial charge in [-0.15, -0.1) is 0 Å². The van der Waals surface area contributed by atoms with Crippen LogP contribution >= 0.6 is 0 Å². The summed E-state index contributed by atoms with van der Waals surface area (Å²) in [5.74, 6) is -7.30. The second-order valence-corrected chi connectivity index (χ2v) is 15.1. The molecular formula is C45H46O11. The number of aromatic hydroxyl groups is 8. The monoisotopic (exact) mass is 762 g/mol. The van der Waals surface area contributed by atoms with E-state index in [0.29, 0.717) is 18.4 Å². The number of fused-ring (bicyclic) bond motifs is 1. The van der Waals surface area contributed by atoms with Crippen LogP contribution in [0.2, 0.25) is 0 Å². The number of phenols is 8. The predicted molar refractivity (Wildman–Crippen MR) is 209 cm³/mol. The van der Waals surface area contributed by atoms with Crippen LogP contribution in [-0.4, -0.2) is 52.4 Å². The Kier molecular flexibility index (Phi) is 11.1. The lowest BCUT2D eigenvalue weighted by atomic mass is 9.64. The maximum Gasteiger partial charge on any atom is 0.174 e. The maximum absolute atomic E-state index is 15.1. The molecule has 1 aliphatic carbocycles. The quantitative estimate of drug-likeness (QED) is 0.0565. The molecule has 11 nitrogen and oxygen atoms in total. The van der Waals surface area contributed by atoms with Crippen molar-refractivity contribution in [3.05, 3.63) is 123 Å². The van der Waals surface area contributed by atoms with Crippen molar-refractivity contribution in [3.63, 3.8) is 0 Å². The molecule has 0 radical (unpaired) electrons. The highest BCUT2D eigenvalue weighted by atomic mass is 16.5. The fraction of sp³-hybridized carbons (Fsp3) is 0.289. The molecule has 0 fully saturated rings. The Morgan fingerprint density at radius 3 is 2.00 bits per heavy atom. The fourth-order valence-electron chi connectivity index (χ4n) is 7.87. The molecule has 0 saturated heterocycles. The predicted octanol–water partition coefficient (Wildman–Crippen LogP) is 8.99. The van der Waals surface area contributed by atoms with E-state index in [0.717, 1.165) is 28.9 Å². The van der Waals surface area contributed by atoms with Gasteiger partial charge in [0, 0.05) is 52.6 Å². The smallest absolute Gasteiger partial charge is 0.174 e. The summed E-state index contributed by atoms with van der Waals surface area (Å²) in [6.45, 7) is 7.65. The van der Waals surface area contributed by atoms with Gasteiger partial charge in [-0.2, -0.15) is 0 Å². The van der Waals surface area contributed by atoms with Crippen LogP contribution in [0.3, 0.4) is 0 Å². The topological polar surface area (TPSA) is 205 Å². The van der Waals surface area contributed by atoms with E-state index >= 15 is 4.79 Å². The van der Waals surface area contributed by atoms with Crippen molar-refractivity contribution < 1.29 is 55.2 Å². The number of Topliss-reactive ketones (excluding diaryl/α,β-unsaturated/α-hetero) is 2. The van der Waals surface area contributed by atoms with Crippen LogP contribution in [0.5, 0.6) is 51.7 Å². The molecule has 1 heterocycles. The van der Waals surface area contributed by atoms with Crippen LogP contribution in [0.25, 0.3) is 0 Å². The molecule has 6 rings (SSSR count). The molecule has 4 aromatic carbocycles. The molecule has 4 aromatic rings. The summed E-state index contributed by atoms with van der Waals surface area (Å²) in [6.07, 6.45) is 5.83. The van der Waals surface area contributed by atoms with E-state index in [1.165, 1.54) is 42.5 Å². The molecule has 2 aliphatic rings. The molecule has 56 heavy (non-hydrogen) atoms. The number of allylic oxidation sites excluding steroid dienone is 6. The van der Waals surface area contributed by atoms with Crippen molar-refractivity contribution in [2.45, 2.75) is 77.7 Å². The normalized spacial score (nSPS) is 19.0. The Morgan fingerprint density at radius 1 is 0.732 bits per heavy atom. The first-order valence-corrected chi connectivity index (χ1v) is 18.4. The highest BCUT2D eigenvalue weighted by molar-refractivity contribution is 6.05. The van der Waals surface area contributed by atoms with Gasteiger partial charge in [-0.05, 0) is 89.3 Å². The third-order valence-corrected chi connectivity index (χ3v) is 10.6. The van der Waals surface area contributed by atoms with Gasteiger partial charge < -0.3 is 45.6 Å². The van der Waals surface area contributed by atoms with E-state index in [1.807, 2.05) is 27.7 Å². The minimum atomic E-state index is -1.22. The first-order valence-electron chi connectivity index (χ1n) is 18.4. The minimum absolute atomic E-state index is 0.128. The van der Waals surface area contributed by atoms with Crippen LogP contribution in [0.4, 0.5) is 0 Å². The van der Waals surface area contributed by atoms with Crippen LogP contribution in [-0.2, 0) is 6.42 Å². The van der Waals surface area contributed by atoms with Gasteiger partial charge in [0.2, 0.25) is 0 Å². The lowest BCUT2D eigenvalue weighted by Crippen LogP contribution is -2.32. The Labute approximate surface area is 324 Å². The van der Waals surface area contributed by atoms with Gasteiger partial charge in [-0.3, -0.25) is 9.59 Å². The lowest BCUT2D eigenvalue weighted by molar-refractivity contribution is 0.0841. The molecule has 4 unspecified atom stereocenters. The third kappa shape index (κ3) is 7.75. The first-order chi connectivity index (χ1) is 26.5. The van der Waals surface area contributed by atoms with Gasteiger partial charge in [-0.1, -0.05) is 41.0 Å². The number of carbonyl (C=O) groups excluding carboxylic acids is 2. The van der Waals surface area contributed by atoms with Crippen molar-refractivity contribution in [2.75, 3.05) is 0 Å². The zero-order chi connectivity index (χ0) is 40.6. The first kappa shape index (κ1) is 39.3. The van der Waals surface area contributed by atoms with E-state index < -0.39 is 52.7 Å². The summed E-state index contributed by atoms with van der Waals surface area (Å²) in [7, 11) is 0. The SMILES string of the molecule is CC(C)=CCCC1=CC(c2c(O)cc3c(c2O)C(=O)CC(c2ccc(O)cc2O)O3)C(C(=O)c2ccc(O)c(CC=C(C)C)c2O)C(c2ccc(O)cc2O)C1.